The summed E-state index contributed by atoms with van der Waals surface area (Å²) in [6.07, 6.45) is 4.47. The number of carbonyl (C=O) groups excluding carboxylic acids is 1. The molecule has 1 aliphatic rings. The van der Waals surface area contributed by atoms with E-state index < -0.39 is 0 Å². The first-order chi connectivity index (χ1) is 8.56. The van der Waals surface area contributed by atoms with Gasteiger partial charge in [-0.05, 0) is 52.9 Å². The van der Waals surface area contributed by atoms with Crippen molar-refractivity contribution in [1.82, 2.24) is 5.32 Å². The summed E-state index contributed by atoms with van der Waals surface area (Å²) in [5.74, 6) is 0.200. The van der Waals surface area contributed by atoms with E-state index >= 15 is 0 Å². The van der Waals surface area contributed by atoms with Gasteiger partial charge in [-0.1, -0.05) is 19.8 Å². The van der Waals surface area contributed by atoms with Gasteiger partial charge in [-0.3, -0.25) is 4.79 Å². The average molecular weight is 314 g/mol. The highest BCUT2D eigenvalue weighted by Crippen LogP contribution is 2.24. The van der Waals surface area contributed by atoms with Gasteiger partial charge in [0.25, 0.3) is 5.91 Å². The van der Waals surface area contributed by atoms with Gasteiger partial charge in [-0.2, -0.15) is 0 Å². The second kappa shape index (κ2) is 5.83. The molecule has 1 aliphatic carbocycles. The summed E-state index contributed by atoms with van der Waals surface area (Å²) < 4.78 is 13.5. The average Bonchev–Trinajstić information content (AvgIpc) is 2.28. The second-order valence-corrected chi connectivity index (χ2v) is 5.92. The molecular weight excluding hydrogens is 297 g/mol. The molecule has 0 radical (unpaired) electrons. The first-order valence-corrected chi connectivity index (χ1v) is 7.11. The summed E-state index contributed by atoms with van der Waals surface area (Å²) in [7, 11) is 0. The second-order valence-electron chi connectivity index (χ2n) is 5.07. The summed E-state index contributed by atoms with van der Waals surface area (Å²) >= 11 is 3.22. The largest absolute Gasteiger partial charge is 0.349 e. The lowest BCUT2D eigenvalue weighted by Crippen LogP contribution is -2.38. The summed E-state index contributed by atoms with van der Waals surface area (Å²) in [5, 5.41) is 3.03. The zero-order valence-corrected chi connectivity index (χ0v) is 12.0. The van der Waals surface area contributed by atoms with Crippen LogP contribution in [0.25, 0.3) is 0 Å². The van der Waals surface area contributed by atoms with E-state index in [2.05, 4.69) is 28.2 Å². The summed E-state index contributed by atoms with van der Waals surface area (Å²) in [6.45, 7) is 2.21. The number of halogens is 2. The number of amides is 1. The third-order valence-corrected chi connectivity index (χ3v) is 4.10. The molecule has 1 aromatic carbocycles. The Morgan fingerprint density at radius 2 is 2.22 bits per heavy atom. The predicted octanol–water partition coefficient (Wildman–Crippen LogP) is 3.90. The Hall–Kier alpha value is -0.900. The fourth-order valence-corrected chi connectivity index (χ4v) is 3.03. The molecule has 0 heterocycles. The van der Waals surface area contributed by atoms with Gasteiger partial charge >= 0.3 is 0 Å². The fraction of sp³-hybridized carbons (Fsp3) is 0.500. The van der Waals surface area contributed by atoms with E-state index in [1.165, 1.54) is 24.6 Å². The number of hydrogen-bond donors (Lipinski definition) is 1. The molecule has 1 fully saturated rings. The van der Waals surface area contributed by atoms with Crippen LogP contribution in [0, 0.1) is 11.7 Å². The maximum absolute atomic E-state index is 13.0. The van der Waals surface area contributed by atoms with E-state index in [0.29, 0.717) is 16.0 Å². The first kappa shape index (κ1) is 13.5. The number of carbonyl (C=O) groups is 1. The quantitative estimate of drug-likeness (QED) is 0.881. The van der Waals surface area contributed by atoms with Gasteiger partial charge in [0.15, 0.2) is 0 Å². The van der Waals surface area contributed by atoms with Crippen molar-refractivity contribution in [2.24, 2.45) is 5.92 Å². The van der Waals surface area contributed by atoms with Gasteiger partial charge in [0, 0.05) is 10.5 Å². The third-order valence-electron chi connectivity index (χ3n) is 3.45. The lowest BCUT2D eigenvalue weighted by molar-refractivity contribution is 0.0920. The van der Waals surface area contributed by atoms with Gasteiger partial charge in [0.05, 0.1) is 5.56 Å². The highest BCUT2D eigenvalue weighted by atomic mass is 79.9. The van der Waals surface area contributed by atoms with Crippen molar-refractivity contribution in [2.75, 3.05) is 0 Å². The van der Waals surface area contributed by atoms with Crippen molar-refractivity contribution in [1.29, 1.82) is 0 Å². The Morgan fingerprint density at radius 1 is 1.44 bits per heavy atom. The Bertz CT molecular complexity index is 449. The summed E-state index contributed by atoms with van der Waals surface area (Å²) in [4.78, 5) is 12.1. The summed E-state index contributed by atoms with van der Waals surface area (Å²) in [5.41, 5.74) is 0.495. The molecule has 1 aromatic rings. The van der Waals surface area contributed by atoms with Crippen molar-refractivity contribution in [3.63, 3.8) is 0 Å². The molecule has 2 atom stereocenters. The molecule has 1 saturated carbocycles. The van der Waals surface area contributed by atoms with Crippen molar-refractivity contribution < 1.29 is 9.18 Å². The van der Waals surface area contributed by atoms with Crippen LogP contribution in [0.2, 0.25) is 0 Å². The third kappa shape index (κ3) is 3.31. The minimum absolute atomic E-state index is 0.124. The topological polar surface area (TPSA) is 29.1 Å². The highest BCUT2D eigenvalue weighted by molar-refractivity contribution is 9.10. The lowest BCUT2D eigenvalue weighted by atomic mass is 9.87. The molecule has 2 unspecified atom stereocenters. The molecule has 0 aromatic heterocycles. The number of hydrogen-bond acceptors (Lipinski definition) is 1. The van der Waals surface area contributed by atoms with Crippen LogP contribution in [0.5, 0.6) is 0 Å². The zero-order chi connectivity index (χ0) is 13.1. The molecule has 18 heavy (non-hydrogen) atoms. The van der Waals surface area contributed by atoms with Crippen LogP contribution in [-0.2, 0) is 0 Å². The molecule has 2 nitrogen and oxygen atoms in total. The molecule has 1 N–H and O–H groups in total. The monoisotopic (exact) mass is 313 g/mol. The van der Waals surface area contributed by atoms with E-state index in [0.717, 1.165) is 19.3 Å². The van der Waals surface area contributed by atoms with Gasteiger partial charge in [-0.25, -0.2) is 4.39 Å². The Kier molecular flexibility index (Phi) is 4.38. The summed E-state index contributed by atoms with van der Waals surface area (Å²) in [6, 6.07) is 4.39. The van der Waals surface area contributed by atoms with Gasteiger partial charge in [0.2, 0.25) is 0 Å². The van der Waals surface area contributed by atoms with Crippen molar-refractivity contribution in [3.05, 3.63) is 34.1 Å². The van der Waals surface area contributed by atoms with Gasteiger partial charge in [-0.15, -0.1) is 0 Å². The number of rotatable bonds is 2. The maximum atomic E-state index is 13.0. The standard InChI is InChI=1S/C14H17BrFNO/c1-9-3-2-4-11(7-9)17-14(18)12-6-5-10(16)8-13(12)15/h5-6,8-9,11H,2-4,7H2,1H3,(H,17,18). The number of nitrogens with one attached hydrogen (secondary N) is 1. The van der Waals surface area contributed by atoms with Crippen LogP contribution in [-0.4, -0.2) is 11.9 Å². The zero-order valence-electron chi connectivity index (χ0n) is 10.4. The predicted molar refractivity (Wildman–Crippen MR) is 73.0 cm³/mol. The fourth-order valence-electron chi connectivity index (χ4n) is 2.50. The Labute approximate surface area is 115 Å². The van der Waals surface area contributed by atoms with E-state index in [1.807, 2.05) is 0 Å². The SMILES string of the molecule is CC1CCCC(NC(=O)c2ccc(F)cc2Br)C1. The van der Waals surface area contributed by atoms with E-state index in [-0.39, 0.29) is 17.8 Å². The van der Waals surface area contributed by atoms with Crippen molar-refractivity contribution >= 4 is 21.8 Å². The van der Waals surface area contributed by atoms with Crippen LogP contribution in [0.4, 0.5) is 4.39 Å². The molecule has 0 spiro atoms. The van der Waals surface area contributed by atoms with E-state index in [4.69, 9.17) is 0 Å². The molecule has 1 amide bonds. The Balaban J connectivity index is 2.03. The molecule has 0 bridgehead atoms. The normalized spacial score (nSPS) is 23.7. The van der Waals surface area contributed by atoms with Crippen LogP contribution in [0.3, 0.4) is 0 Å². The molecule has 0 saturated heterocycles. The first-order valence-electron chi connectivity index (χ1n) is 6.32. The highest BCUT2D eigenvalue weighted by Gasteiger charge is 2.21. The molecule has 2 rings (SSSR count). The minimum Gasteiger partial charge on any atom is -0.349 e. The minimum atomic E-state index is -0.343. The maximum Gasteiger partial charge on any atom is 0.252 e. The number of benzene rings is 1. The molecular formula is C14H17BrFNO. The van der Waals surface area contributed by atoms with E-state index in [1.54, 1.807) is 0 Å². The lowest BCUT2D eigenvalue weighted by Gasteiger charge is -2.27. The smallest absolute Gasteiger partial charge is 0.252 e. The van der Waals surface area contributed by atoms with Crippen LogP contribution < -0.4 is 5.32 Å². The van der Waals surface area contributed by atoms with Crippen LogP contribution in [0.15, 0.2) is 22.7 Å². The molecule has 4 heteroatoms. The molecule has 98 valence electrons. The Morgan fingerprint density at radius 3 is 2.89 bits per heavy atom. The van der Waals surface area contributed by atoms with Crippen LogP contribution >= 0.6 is 15.9 Å². The van der Waals surface area contributed by atoms with Gasteiger partial charge in [0.1, 0.15) is 5.82 Å². The van der Waals surface area contributed by atoms with Crippen LogP contribution in [0.1, 0.15) is 43.0 Å². The molecule has 0 aliphatic heterocycles. The van der Waals surface area contributed by atoms with Crippen molar-refractivity contribution in [2.45, 2.75) is 38.6 Å². The van der Waals surface area contributed by atoms with Crippen molar-refractivity contribution in [3.8, 4) is 0 Å². The van der Waals surface area contributed by atoms with E-state index in [9.17, 15) is 9.18 Å². The van der Waals surface area contributed by atoms with Gasteiger partial charge < -0.3 is 5.32 Å².